The van der Waals surface area contributed by atoms with Crippen LogP contribution in [-0.2, 0) is 4.79 Å². The minimum atomic E-state index is -0.484. The maximum atomic E-state index is 12.3. The summed E-state index contributed by atoms with van der Waals surface area (Å²) in [4.78, 5) is 37.4. The van der Waals surface area contributed by atoms with Gasteiger partial charge in [0, 0.05) is 0 Å². The summed E-state index contributed by atoms with van der Waals surface area (Å²) in [6.07, 6.45) is 0. The zero-order chi connectivity index (χ0) is 15.9. The van der Waals surface area contributed by atoms with Crippen LogP contribution < -0.4 is 5.32 Å². The van der Waals surface area contributed by atoms with Crippen molar-refractivity contribution in [3.05, 3.63) is 39.9 Å². The van der Waals surface area contributed by atoms with Crippen LogP contribution in [0.2, 0.25) is 0 Å². The smallest absolute Gasteiger partial charge is 0.262 e. The quantitative estimate of drug-likeness (QED) is 0.864. The summed E-state index contributed by atoms with van der Waals surface area (Å²) >= 11 is 1.22. The summed E-state index contributed by atoms with van der Waals surface area (Å²) in [5.74, 6) is -1.39. The molecule has 1 aliphatic heterocycles. The number of nitrogens with one attached hydrogen (secondary N) is 1. The molecule has 3 amide bonds. The number of hydrogen-bond acceptors (Lipinski definition) is 6. The van der Waals surface area contributed by atoms with Gasteiger partial charge in [-0.3, -0.25) is 24.6 Å². The number of carbonyl (C=O) groups excluding carboxylic acids is 3. The molecule has 0 spiro atoms. The Balaban J connectivity index is 1.75. The molecule has 0 saturated heterocycles. The number of imide groups is 1. The van der Waals surface area contributed by atoms with Gasteiger partial charge in [0.2, 0.25) is 11.0 Å². The van der Waals surface area contributed by atoms with Crippen LogP contribution in [0.25, 0.3) is 0 Å². The van der Waals surface area contributed by atoms with E-state index in [1.54, 1.807) is 25.1 Å². The van der Waals surface area contributed by atoms with E-state index in [-0.39, 0.29) is 6.54 Å². The maximum absolute atomic E-state index is 12.3. The van der Waals surface area contributed by atoms with Gasteiger partial charge in [0.05, 0.1) is 11.1 Å². The summed E-state index contributed by atoms with van der Waals surface area (Å²) in [5, 5.41) is 11.1. The van der Waals surface area contributed by atoms with Crippen molar-refractivity contribution in [2.45, 2.75) is 13.8 Å². The SMILES string of the molecule is Cc1ccc2c(c1)C(=O)N(CC(=O)Nc1nnc(C)s1)C2=O. The maximum Gasteiger partial charge on any atom is 0.262 e. The summed E-state index contributed by atoms with van der Waals surface area (Å²) < 4.78 is 0. The average molecular weight is 316 g/mol. The molecule has 2 heterocycles. The van der Waals surface area contributed by atoms with Crippen molar-refractivity contribution in [3.63, 3.8) is 0 Å². The Morgan fingerprint density at radius 3 is 2.59 bits per heavy atom. The number of aromatic nitrogens is 2. The lowest BCUT2D eigenvalue weighted by atomic mass is 10.1. The van der Waals surface area contributed by atoms with Crippen molar-refractivity contribution in [1.29, 1.82) is 0 Å². The van der Waals surface area contributed by atoms with E-state index in [2.05, 4.69) is 15.5 Å². The van der Waals surface area contributed by atoms with Crippen molar-refractivity contribution < 1.29 is 14.4 Å². The Hall–Kier alpha value is -2.61. The van der Waals surface area contributed by atoms with Crippen LogP contribution in [0.1, 0.15) is 31.3 Å². The highest BCUT2D eigenvalue weighted by Gasteiger charge is 2.36. The number of amides is 3. The van der Waals surface area contributed by atoms with E-state index in [4.69, 9.17) is 0 Å². The molecular weight excluding hydrogens is 304 g/mol. The van der Waals surface area contributed by atoms with Gasteiger partial charge in [-0.2, -0.15) is 0 Å². The monoisotopic (exact) mass is 316 g/mol. The summed E-state index contributed by atoms with van der Waals surface area (Å²) in [5.41, 5.74) is 1.55. The molecule has 1 aromatic carbocycles. The highest BCUT2D eigenvalue weighted by atomic mass is 32.1. The molecule has 1 aliphatic rings. The summed E-state index contributed by atoms with van der Waals surface area (Å²) in [6.45, 7) is 3.26. The van der Waals surface area contributed by atoms with Crippen LogP contribution in [0.15, 0.2) is 18.2 Å². The fourth-order valence-electron chi connectivity index (χ4n) is 2.20. The highest BCUT2D eigenvalue weighted by Crippen LogP contribution is 2.23. The Morgan fingerprint density at radius 2 is 1.91 bits per heavy atom. The van der Waals surface area contributed by atoms with Crippen molar-refractivity contribution in [2.24, 2.45) is 0 Å². The van der Waals surface area contributed by atoms with Gasteiger partial charge >= 0.3 is 0 Å². The van der Waals surface area contributed by atoms with E-state index >= 15 is 0 Å². The summed E-state index contributed by atoms with van der Waals surface area (Å²) in [7, 11) is 0. The molecule has 7 nitrogen and oxygen atoms in total. The normalized spacial score (nSPS) is 13.5. The van der Waals surface area contributed by atoms with E-state index in [0.717, 1.165) is 10.5 Å². The van der Waals surface area contributed by atoms with Crippen LogP contribution >= 0.6 is 11.3 Å². The van der Waals surface area contributed by atoms with Gasteiger partial charge in [0.1, 0.15) is 11.6 Å². The van der Waals surface area contributed by atoms with Crippen LogP contribution in [0.3, 0.4) is 0 Å². The predicted molar refractivity (Wildman–Crippen MR) is 79.8 cm³/mol. The minimum absolute atomic E-state index is 0.329. The number of hydrogen-bond donors (Lipinski definition) is 1. The standard InChI is InChI=1S/C14H12N4O3S/c1-7-3-4-9-10(5-7)13(21)18(12(9)20)6-11(19)15-14-17-16-8(2)22-14/h3-5H,6H2,1-2H3,(H,15,17,19). The molecule has 8 heteroatoms. The third-order valence-corrected chi connectivity index (χ3v) is 3.95. The average Bonchev–Trinajstić information content (AvgIpc) is 2.96. The molecule has 0 fully saturated rings. The van der Waals surface area contributed by atoms with Crippen LogP contribution in [0.5, 0.6) is 0 Å². The molecule has 2 aromatic rings. The molecule has 1 aromatic heterocycles. The van der Waals surface area contributed by atoms with Crippen LogP contribution in [0.4, 0.5) is 5.13 Å². The van der Waals surface area contributed by atoms with E-state index in [1.165, 1.54) is 11.3 Å². The second-order valence-electron chi connectivity index (χ2n) is 4.92. The molecule has 0 radical (unpaired) electrons. The number of fused-ring (bicyclic) bond motifs is 1. The molecule has 0 bridgehead atoms. The van der Waals surface area contributed by atoms with E-state index in [0.29, 0.717) is 21.3 Å². The molecule has 0 aliphatic carbocycles. The second kappa shape index (κ2) is 5.30. The third-order valence-electron chi connectivity index (χ3n) is 3.20. The first kappa shape index (κ1) is 14.3. The molecule has 0 atom stereocenters. The van der Waals surface area contributed by atoms with Gasteiger partial charge in [0.15, 0.2) is 0 Å². The number of carbonyl (C=O) groups is 3. The minimum Gasteiger partial charge on any atom is -0.299 e. The molecule has 22 heavy (non-hydrogen) atoms. The fraction of sp³-hybridized carbons (Fsp3) is 0.214. The number of rotatable bonds is 3. The second-order valence-corrected chi connectivity index (χ2v) is 6.10. The highest BCUT2D eigenvalue weighted by molar-refractivity contribution is 7.15. The van der Waals surface area contributed by atoms with Gasteiger partial charge in [-0.25, -0.2) is 0 Å². The largest absolute Gasteiger partial charge is 0.299 e. The Bertz CT molecular complexity index is 799. The first-order valence-corrected chi connectivity index (χ1v) is 7.34. The molecule has 0 unspecified atom stereocenters. The van der Waals surface area contributed by atoms with E-state index in [9.17, 15) is 14.4 Å². The number of nitrogens with zero attached hydrogens (tertiary/aromatic N) is 3. The van der Waals surface area contributed by atoms with E-state index < -0.39 is 17.7 Å². The van der Waals surface area contributed by atoms with Crippen molar-refractivity contribution >= 4 is 34.2 Å². The van der Waals surface area contributed by atoms with Crippen molar-refractivity contribution in [3.8, 4) is 0 Å². The Morgan fingerprint density at radius 1 is 1.18 bits per heavy atom. The van der Waals surface area contributed by atoms with Gasteiger partial charge in [0.25, 0.3) is 11.8 Å². The Labute approximate surface area is 130 Å². The Kier molecular flexibility index (Phi) is 3.45. The number of aryl methyl sites for hydroxylation is 2. The molecule has 1 N–H and O–H groups in total. The molecule has 112 valence electrons. The van der Waals surface area contributed by atoms with Crippen LogP contribution in [0, 0.1) is 13.8 Å². The van der Waals surface area contributed by atoms with Crippen LogP contribution in [-0.4, -0.2) is 39.4 Å². The van der Waals surface area contributed by atoms with E-state index in [1.807, 2.05) is 6.92 Å². The lowest BCUT2D eigenvalue weighted by molar-refractivity contribution is -0.116. The summed E-state index contributed by atoms with van der Waals surface area (Å²) in [6, 6.07) is 5.02. The van der Waals surface area contributed by atoms with Crippen molar-refractivity contribution in [1.82, 2.24) is 15.1 Å². The lowest BCUT2D eigenvalue weighted by Crippen LogP contribution is -2.37. The lowest BCUT2D eigenvalue weighted by Gasteiger charge is -2.12. The predicted octanol–water partition coefficient (Wildman–Crippen LogP) is 1.39. The first-order chi connectivity index (χ1) is 10.5. The third kappa shape index (κ3) is 2.48. The number of anilines is 1. The first-order valence-electron chi connectivity index (χ1n) is 6.52. The zero-order valence-corrected chi connectivity index (χ0v) is 12.7. The molecule has 3 rings (SSSR count). The van der Waals surface area contributed by atoms with Crippen molar-refractivity contribution in [2.75, 3.05) is 11.9 Å². The van der Waals surface area contributed by atoms with Gasteiger partial charge in [-0.15, -0.1) is 10.2 Å². The topological polar surface area (TPSA) is 92.3 Å². The van der Waals surface area contributed by atoms with Gasteiger partial charge < -0.3 is 0 Å². The van der Waals surface area contributed by atoms with Gasteiger partial charge in [-0.05, 0) is 26.0 Å². The molecular formula is C14H12N4O3S. The fourth-order valence-corrected chi connectivity index (χ4v) is 2.81. The molecule has 0 saturated carbocycles. The number of benzene rings is 1. The zero-order valence-electron chi connectivity index (χ0n) is 11.9. The van der Waals surface area contributed by atoms with Gasteiger partial charge in [-0.1, -0.05) is 23.0 Å².